The average Bonchev–Trinajstić information content (AvgIpc) is 2.79. The lowest BCUT2D eigenvalue weighted by atomic mass is 10.1. The Bertz CT molecular complexity index is 709. The Balaban J connectivity index is 1.81. The van der Waals surface area contributed by atoms with Crippen molar-refractivity contribution in [2.45, 2.75) is 32.0 Å². The van der Waals surface area contributed by atoms with E-state index in [1.54, 1.807) is 6.92 Å². The summed E-state index contributed by atoms with van der Waals surface area (Å²) in [7, 11) is -1.21. The number of fused-ring (bicyclic) bond motifs is 1. The molecule has 2 heterocycles. The van der Waals surface area contributed by atoms with Crippen LogP contribution in [0.3, 0.4) is 0 Å². The molecular formula is C15H16FNO4S. The third-order valence-corrected chi connectivity index (χ3v) is 4.80. The van der Waals surface area contributed by atoms with Gasteiger partial charge in [-0.1, -0.05) is 5.16 Å². The molecule has 0 unspecified atom stereocenters. The highest BCUT2D eigenvalue weighted by atomic mass is 32.2. The summed E-state index contributed by atoms with van der Waals surface area (Å²) < 4.78 is 41.7. The number of halogens is 1. The van der Waals surface area contributed by atoms with Crippen LogP contribution in [-0.4, -0.2) is 16.2 Å². The van der Waals surface area contributed by atoms with Gasteiger partial charge in [0.15, 0.2) is 6.79 Å². The smallest absolute Gasteiger partial charge is 0.189 e. The molecule has 0 N–H and O–H groups in total. The number of nitrogens with zero attached hydrogens (tertiary/aromatic N) is 1. The second-order valence-electron chi connectivity index (χ2n) is 5.20. The van der Waals surface area contributed by atoms with Gasteiger partial charge < -0.3 is 14.0 Å². The third kappa shape index (κ3) is 3.05. The minimum absolute atomic E-state index is 0.127. The molecule has 1 aromatic carbocycles. The molecule has 0 saturated heterocycles. The van der Waals surface area contributed by atoms with E-state index in [9.17, 15) is 8.60 Å². The molecule has 0 fully saturated rings. The van der Waals surface area contributed by atoms with E-state index in [0.29, 0.717) is 35.0 Å². The van der Waals surface area contributed by atoms with Crippen molar-refractivity contribution in [1.82, 2.24) is 5.16 Å². The normalized spacial score (nSPS) is 15.2. The van der Waals surface area contributed by atoms with E-state index in [-0.39, 0.29) is 18.4 Å². The summed E-state index contributed by atoms with van der Waals surface area (Å²) >= 11 is 0. The van der Waals surface area contributed by atoms with E-state index in [0.717, 1.165) is 11.3 Å². The van der Waals surface area contributed by atoms with Gasteiger partial charge >= 0.3 is 0 Å². The summed E-state index contributed by atoms with van der Waals surface area (Å²) in [6, 6.07) is 2.75. The molecule has 0 bridgehead atoms. The zero-order valence-electron chi connectivity index (χ0n) is 12.3. The fraction of sp³-hybridized carbons (Fsp3) is 0.400. The van der Waals surface area contributed by atoms with Gasteiger partial charge in [-0.15, -0.1) is 0 Å². The highest BCUT2D eigenvalue weighted by molar-refractivity contribution is 7.83. The van der Waals surface area contributed by atoms with Gasteiger partial charge in [0.25, 0.3) is 0 Å². The third-order valence-electron chi connectivity index (χ3n) is 3.55. The maximum atomic E-state index is 13.7. The molecule has 0 aliphatic carbocycles. The van der Waals surface area contributed by atoms with Gasteiger partial charge in [-0.2, -0.15) is 0 Å². The molecule has 2 aromatic rings. The zero-order valence-corrected chi connectivity index (χ0v) is 13.2. The van der Waals surface area contributed by atoms with Crippen molar-refractivity contribution in [2.75, 3.05) is 6.79 Å². The molecule has 1 atom stereocenters. The molecule has 7 heteroatoms. The number of hydrogen-bond acceptors (Lipinski definition) is 5. The molecule has 1 aliphatic heterocycles. The van der Waals surface area contributed by atoms with Crippen LogP contribution in [0.1, 0.15) is 28.1 Å². The molecule has 0 saturated carbocycles. The quantitative estimate of drug-likeness (QED) is 0.865. The SMILES string of the molecule is Cc1noc(C)c1C[S@@](=O)Cc1cc(F)cc2c1OCOC2. The lowest BCUT2D eigenvalue weighted by Crippen LogP contribution is -2.14. The zero-order chi connectivity index (χ0) is 15.7. The van der Waals surface area contributed by atoms with E-state index in [1.165, 1.54) is 12.1 Å². The summed E-state index contributed by atoms with van der Waals surface area (Å²) in [6.07, 6.45) is 0. The molecule has 5 nitrogen and oxygen atoms in total. The second-order valence-corrected chi connectivity index (χ2v) is 6.65. The first-order chi connectivity index (χ1) is 10.5. The molecular weight excluding hydrogens is 309 g/mol. The standard InChI is InChI=1S/C15H16FNO4S/c1-9-14(10(2)21-17-9)7-22(18)6-12-4-13(16)3-11-5-19-8-20-15(11)12/h3-4H,5-8H2,1-2H3/t22-/m0/s1. The van der Waals surface area contributed by atoms with E-state index in [2.05, 4.69) is 5.16 Å². The van der Waals surface area contributed by atoms with Crippen LogP contribution in [0.2, 0.25) is 0 Å². The first-order valence-electron chi connectivity index (χ1n) is 6.83. The van der Waals surface area contributed by atoms with Gasteiger partial charge in [0.1, 0.15) is 17.3 Å². The molecule has 1 aromatic heterocycles. The topological polar surface area (TPSA) is 61.6 Å². The van der Waals surface area contributed by atoms with Gasteiger partial charge in [0, 0.05) is 27.5 Å². The van der Waals surface area contributed by atoms with E-state index in [4.69, 9.17) is 14.0 Å². The number of ether oxygens (including phenoxy) is 2. The van der Waals surface area contributed by atoms with Crippen LogP contribution in [0.5, 0.6) is 5.75 Å². The predicted octanol–water partition coefficient (Wildman–Crippen LogP) is 2.75. The van der Waals surface area contributed by atoms with Crippen molar-refractivity contribution in [2.24, 2.45) is 0 Å². The van der Waals surface area contributed by atoms with Crippen LogP contribution in [-0.2, 0) is 33.6 Å². The number of hydrogen-bond donors (Lipinski definition) is 0. The van der Waals surface area contributed by atoms with Crippen LogP contribution in [0.25, 0.3) is 0 Å². The molecule has 0 amide bonds. The number of benzene rings is 1. The molecule has 3 rings (SSSR count). The van der Waals surface area contributed by atoms with Crippen molar-refractivity contribution < 1.29 is 22.6 Å². The Kier molecular flexibility index (Phi) is 4.26. The number of rotatable bonds is 4. The van der Waals surface area contributed by atoms with E-state index < -0.39 is 10.8 Å². The van der Waals surface area contributed by atoms with Crippen molar-refractivity contribution in [3.8, 4) is 5.75 Å². The highest BCUT2D eigenvalue weighted by Gasteiger charge is 2.20. The maximum Gasteiger partial charge on any atom is 0.189 e. The van der Waals surface area contributed by atoms with Crippen molar-refractivity contribution in [3.63, 3.8) is 0 Å². The summed E-state index contributed by atoms with van der Waals surface area (Å²) in [6.45, 7) is 4.03. The Morgan fingerprint density at radius 3 is 2.86 bits per heavy atom. The Morgan fingerprint density at radius 1 is 1.32 bits per heavy atom. The summed E-state index contributed by atoms with van der Waals surface area (Å²) in [5.74, 6) is 1.40. The van der Waals surface area contributed by atoms with Gasteiger partial charge in [-0.25, -0.2) is 4.39 Å². The minimum Gasteiger partial charge on any atom is -0.467 e. The molecule has 0 radical (unpaired) electrons. The second kappa shape index (κ2) is 6.18. The monoisotopic (exact) mass is 325 g/mol. The van der Waals surface area contributed by atoms with Gasteiger partial charge in [-0.05, 0) is 26.0 Å². The van der Waals surface area contributed by atoms with Gasteiger partial charge in [0.05, 0.1) is 23.8 Å². The fourth-order valence-electron chi connectivity index (χ4n) is 2.46. The van der Waals surface area contributed by atoms with E-state index >= 15 is 0 Å². The maximum absolute atomic E-state index is 13.7. The predicted molar refractivity (Wildman–Crippen MR) is 78.2 cm³/mol. The fourth-order valence-corrected chi connectivity index (χ4v) is 3.85. The van der Waals surface area contributed by atoms with Crippen molar-refractivity contribution in [1.29, 1.82) is 0 Å². The summed E-state index contributed by atoms with van der Waals surface area (Å²) in [5.41, 5.74) is 2.82. The Hall–Kier alpha value is -1.73. The van der Waals surface area contributed by atoms with Gasteiger partial charge in [-0.3, -0.25) is 4.21 Å². The van der Waals surface area contributed by atoms with Crippen LogP contribution in [0.4, 0.5) is 4.39 Å². The minimum atomic E-state index is -1.21. The van der Waals surface area contributed by atoms with Gasteiger partial charge in [0.2, 0.25) is 0 Å². The summed E-state index contributed by atoms with van der Waals surface area (Å²) in [4.78, 5) is 0. The molecule has 1 aliphatic rings. The van der Waals surface area contributed by atoms with E-state index in [1.807, 2.05) is 6.92 Å². The molecule has 0 spiro atoms. The van der Waals surface area contributed by atoms with Crippen LogP contribution in [0.15, 0.2) is 16.7 Å². The number of aromatic nitrogens is 1. The highest BCUT2D eigenvalue weighted by Crippen LogP contribution is 2.30. The average molecular weight is 325 g/mol. The molecule has 22 heavy (non-hydrogen) atoms. The van der Waals surface area contributed by atoms with Crippen molar-refractivity contribution in [3.05, 3.63) is 46.1 Å². The van der Waals surface area contributed by atoms with Crippen LogP contribution < -0.4 is 4.74 Å². The molecule has 118 valence electrons. The lowest BCUT2D eigenvalue weighted by molar-refractivity contribution is -0.0171. The largest absolute Gasteiger partial charge is 0.467 e. The van der Waals surface area contributed by atoms with Crippen LogP contribution in [0, 0.1) is 19.7 Å². The lowest BCUT2D eigenvalue weighted by Gasteiger charge is -2.20. The summed E-state index contributed by atoms with van der Waals surface area (Å²) in [5, 5.41) is 3.85. The Morgan fingerprint density at radius 2 is 2.14 bits per heavy atom. The van der Waals surface area contributed by atoms with Crippen molar-refractivity contribution >= 4 is 10.8 Å². The Labute approximate surface area is 129 Å². The first-order valence-corrected chi connectivity index (χ1v) is 8.32. The first kappa shape index (κ1) is 15.2. The van der Waals surface area contributed by atoms with Crippen LogP contribution >= 0.6 is 0 Å². The number of aryl methyl sites for hydroxylation is 2.